The third kappa shape index (κ3) is 3.66. The van der Waals surface area contributed by atoms with Crippen molar-refractivity contribution in [1.29, 1.82) is 0 Å². The molecule has 2 rings (SSSR count). The molecule has 2 heterocycles. The number of rotatable bonds is 7. The highest BCUT2D eigenvalue weighted by Gasteiger charge is 2.17. The quantitative estimate of drug-likeness (QED) is 0.809. The second kappa shape index (κ2) is 6.49. The van der Waals surface area contributed by atoms with Gasteiger partial charge in [0.25, 0.3) is 10.0 Å². The fourth-order valence-electron chi connectivity index (χ4n) is 1.59. The van der Waals surface area contributed by atoms with Crippen LogP contribution in [0.4, 0.5) is 0 Å². The molecule has 0 aliphatic carbocycles. The van der Waals surface area contributed by atoms with Crippen molar-refractivity contribution in [3.05, 3.63) is 34.9 Å². The van der Waals surface area contributed by atoms with Gasteiger partial charge in [-0.2, -0.15) is 0 Å². The molecule has 2 N–H and O–H groups in total. The zero-order valence-electron chi connectivity index (χ0n) is 11.3. The van der Waals surface area contributed by atoms with Crippen LogP contribution in [0.15, 0.2) is 27.0 Å². The molecule has 0 saturated heterocycles. The molecule has 2 aromatic rings. The van der Waals surface area contributed by atoms with Gasteiger partial charge >= 0.3 is 0 Å². The van der Waals surface area contributed by atoms with Crippen LogP contribution in [0, 0.1) is 0 Å². The summed E-state index contributed by atoms with van der Waals surface area (Å²) < 4.78 is 32.4. The van der Waals surface area contributed by atoms with E-state index in [-0.39, 0.29) is 6.54 Å². The van der Waals surface area contributed by atoms with Crippen molar-refractivity contribution in [3.8, 4) is 0 Å². The minimum absolute atomic E-state index is 0.0571. The normalized spacial score (nSPS) is 11.9. The summed E-state index contributed by atoms with van der Waals surface area (Å²) in [6.45, 7) is 2.66. The minimum Gasteiger partial charge on any atom is -0.444 e. The Kier molecular flexibility index (Phi) is 4.92. The molecule has 6 nitrogen and oxygen atoms in total. The summed E-state index contributed by atoms with van der Waals surface area (Å²) in [4.78, 5) is 4.99. The molecule has 0 amide bonds. The van der Waals surface area contributed by atoms with Gasteiger partial charge in [0, 0.05) is 17.8 Å². The first-order valence-electron chi connectivity index (χ1n) is 6.21. The van der Waals surface area contributed by atoms with Crippen LogP contribution in [-0.2, 0) is 29.5 Å². The Hall–Kier alpha value is -1.22. The molecular formula is C12H17N3O3S2. The van der Waals surface area contributed by atoms with Crippen molar-refractivity contribution < 1.29 is 12.8 Å². The number of oxazole rings is 1. The number of hydrogen-bond acceptors (Lipinski definition) is 6. The molecule has 8 heteroatoms. The molecule has 0 fully saturated rings. The average Bonchev–Trinajstić information content (AvgIpc) is 3.06. The molecule has 0 atom stereocenters. The Morgan fingerprint density at radius 1 is 1.35 bits per heavy atom. The number of aromatic nitrogens is 1. The van der Waals surface area contributed by atoms with Crippen LogP contribution < -0.4 is 10.0 Å². The topological polar surface area (TPSA) is 84.2 Å². The summed E-state index contributed by atoms with van der Waals surface area (Å²) in [5.41, 5.74) is 0. The summed E-state index contributed by atoms with van der Waals surface area (Å²) in [6, 6.07) is 3.41. The van der Waals surface area contributed by atoms with Gasteiger partial charge in [-0.1, -0.05) is 6.92 Å². The zero-order valence-corrected chi connectivity index (χ0v) is 13.0. The predicted molar refractivity (Wildman–Crippen MR) is 77.0 cm³/mol. The number of aryl methyl sites for hydroxylation is 1. The number of hydrogen-bond donors (Lipinski definition) is 2. The molecule has 0 spiro atoms. The Bertz CT molecular complexity index is 661. The van der Waals surface area contributed by atoms with E-state index in [1.807, 2.05) is 14.0 Å². The minimum atomic E-state index is -3.51. The molecule has 0 bridgehead atoms. The maximum atomic E-state index is 12.1. The first kappa shape index (κ1) is 15.2. The highest BCUT2D eigenvalue weighted by Crippen LogP contribution is 2.21. The van der Waals surface area contributed by atoms with E-state index in [4.69, 9.17) is 4.42 Å². The van der Waals surface area contributed by atoms with E-state index in [0.717, 1.165) is 17.1 Å². The first-order valence-corrected chi connectivity index (χ1v) is 8.51. The molecule has 2 aromatic heterocycles. The SMILES string of the molecule is CCc1cnc(CNS(=O)(=O)c2ccc(CNC)s2)o1. The molecule has 0 aliphatic rings. The van der Waals surface area contributed by atoms with Crippen LogP contribution in [0.1, 0.15) is 23.5 Å². The molecule has 0 unspecified atom stereocenters. The van der Waals surface area contributed by atoms with E-state index in [0.29, 0.717) is 16.6 Å². The number of nitrogens with zero attached hydrogens (tertiary/aromatic N) is 1. The molecule has 0 radical (unpaired) electrons. The van der Waals surface area contributed by atoms with Crippen molar-refractivity contribution in [1.82, 2.24) is 15.0 Å². The fourth-order valence-corrected chi connectivity index (χ4v) is 3.98. The van der Waals surface area contributed by atoms with Gasteiger partial charge < -0.3 is 9.73 Å². The Balaban J connectivity index is 2.02. The summed E-state index contributed by atoms with van der Waals surface area (Å²) in [6.07, 6.45) is 2.35. The van der Waals surface area contributed by atoms with Crippen molar-refractivity contribution in [2.24, 2.45) is 0 Å². The van der Waals surface area contributed by atoms with Crippen LogP contribution in [0.25, 0.3) is 0 Å². The average molecular weight is 315 g/mol. The number of nitrogens with one attached hydrogen (secondary N) is 2. The van der Waals surface area contributed by atoms with Gasteiger partial charge in [-0.05, 0) is 19.2 Å². The maximum Gasteiger partial charge on any atom is 0.250 e. The lowest BCUT2D eigenvalue weighted by Crippen LogP contribution is -2.22. The standard InChI is InChI=1S/C12H17N3O3S2/c1-3-9-6-14-11(18-9)8-15-20(16,17)12-5-4-10(19-12)7-13-2/h4-6,13,15H,3,7-8H2,1-2H3. The zero-order chi connectivity index (χ0) is 14.6. The molecular weight excluding hydrogens is 298 g/mol. The van der Waals surface area contributed by atoms with E-state index in [2.05, 4.69) is 15.0 Å². The van der Waals surface area contributed by atoms with Crippen LogP contribution in [0.5, 0.6) is 0 Å². The van der Waals surface area contributed by atoms with E-state index in [9.17, 15) is 8.42 Å². The summed E-state index contributed by atoms with van der Waals surface area (Å²) in [5.74, 6) is 1.11. The smallest absolute Gasteiger partial charge is 0.250 e. The van der Waals surface area contributed by atoms with E-state index < -0.39 is 10.0 Å². The van der Waals surface area contributed by atoms with E-state index in [1.54, 1.807) is 18.3 Å². The van der Waals surface area contributed by atoms with Crippen molar-refractivity contribution in [3.63, 3.8) is 0 Å². The maximum absolute atomic E-state index is 12.1. The van der Waals surface area contributed by atoms with Crippen LogP contribution in [0.2, 0.25) is 0 Å². The highest BCUT2D eigenvalue weighted by atomic mass is 32.2. The van der Waals surface area contributed by atoms with E-state index >= 15 is 0 Å². The summed E-state index contributed by atoms with van der Waals surface area (Å²) >= 11 is 1.25. The monoisotopic (exact) mass is 315 g/mol. The van der Waals surface area contributed by atoms with Crippen molar-refractivity contribution in [2.45, 2.75) is 30.6 Å². The van der Waals surface area contributed by atoms with Crippen LogP contribution in [0.3, 0.4) is 0 Å². The van der Waals surface area contributed by atoms with Crippen LogP contribution in [-0.4, -0.2) is 20.4 Å². The van der Waals surface area contributed by atoms with Crippen molar-refractivity contribution in [2.75, 3.05) is 7.05 Å². The lowest BCUT2D eigenvalue weighted by atomic mass is 10.4. The van der Waals surface area contributed by atoms with Gasteiger partial charge in [0.05, 0.1) is 12.7 Å². The van der Waals surface area contributed by atoms with Gasteiger partial charge in [0.15, 0.2) is 0 Å². The second-order valence-corrected chi connectivity index (χ2v) is 7.31. The lowest BCUT2D eigenvalue weighted by molar-refractivity contribution is 0.452. The Morgan fingerprint density at radius 3 is 2.80 bits per heavy atom. The van der Waals surface area contributed by atoms with Gasteiger partial charge in [-0.25, -0.2) is 18.1 Å². The predicted octanol–water partition coefficient (Wildman–Crippen LogP) is 1.50. The van der Waals surface area contributed by atoms with Gasteiger partial charge in [-0.15, -0.1) is 11.3 Å². The lowest BCUT2D eigenvalue weighted by Gasteiger charge is -2.01. The number of thiophene rings is 1. The third-order valence-electron chi connectivity index (χ3n) is 2.62. The largest absolute Gasteiger partial charge is 0.444 e. The molecule has 20 heavy (non-hydrogen) atoms. The summed E-state index contributed by atoms with van der Waals surface area (Å²) in [5, 5.41) is 2.99. The third-order valence-corrected chi connectivity index (χ3v) is 5.59. The molecule has 0 aliphatic heterocycles. The Labute approximate surface area is 122 Å². The van der Waals surface area contributed by atoms with E-state index in [1.165, 1.54) is 11.3 Å². The van der Waals surface area contributed by atoms with Crippen molar-refractivity contribution >= 4 is 21.4 Å². The highest BCUT2D eigenvalue weighted by molar-refractivity contribution is 7.91. The molecule has 0 saturated carbocycles. The number of sulfonamides is 1. The van der Waals surface area contributed by atoms with Gasteiger partial charge in [-0.3, -0.25) is 0 Å². The first-order chi connectivity index (χ1) is 9.55. The van der Waals surface area contributed by atoms with Gasteiger partial charge in [0.2, 0.25) is 5.89 Å². The molecule has 110 valence electrons. The van der Waals surface area contributed by atoms with Crippen LogP contribution >= 0.6 is 11.3 Å². The second-order valence-electron chi connectivity index (χ2n) is 4.15. The fraction of sp³-hybridized carbons (Fsp3) is 0.417. The Morgan fingerprint density at radius 2 is 2.15 bits per heavy atom. The summed E-state index contributed by atoms with van der Waals surface area (Å²) in [7, 11) is -1.69. The van der Waals surface area contributed by atoms with Gasteiger partial charge in [0.1, 0.15) is 9.97 Å². The molecule has 0 aromatic carbocycles.